The van der Waals surface area contributed by atoms with Crippen LogP contribution in [0.3, 0.4) is 0 Å². The Morgan fingerprint density at radius 1 is 1.18 bits per heavy atom. The number of carbonyl (C=O) groups excluding carboxylic acids is 2. The van der Waals surface area contributed by atoms with Gasteiger partial charge in [0.2, 0.25) is 0 Å². The second-order valence-corrected chi connectivity index (χ2v) is 7.52. The van der Waals surface area contributed by atoms with Crippen LogP contribution in [0.1, 0.15) is 24.0 Å². The zero-order chi connectivity index (χ0) is 23.8. The largest absolute Gasteiger partial charge is 0.466 e. The van der Waals surface area contributed by atoms with Gasteiger partial charge in [-0.3, -0.25) is 0 Å². The average Bonchev–Trinajstić information content (AvgIpc) is 2.69. The number of rotatable bonds is 5. The molecule has 1 aromatic carbocycles. The van der Waals surface area contributed by atoms with Crippen LogP contribution in [-0.2, 0) is 25.2 Å². The molecule has 0 saturated carbocycles. The first-order chi connectivity index (χ1) is 15.0. The van der Waals surface area contributed by atoms with Gasteiger partial charge in [0.05, 0.1) is 40.5 Å². The Labute approximate surface area is 196 Å². The lowest BCUT2D eigenvalue weighted by molar-refractivity contribution is -0.147. The van der Waals surface area contributed by atoms with E-state index in [-0.39, 0.29) is 18.1 Å². The summed E-state index contributed by atoms with van der Waals surface area (Å²) in [5, 5.41) is 4.49. The summed E-state index contributed by atoms with van der Waals surface area (Å²) < 4.78 is 80.4. The summed E-state index contributed by atoms with van der Waals surface area (Å²) in [7, 11) is 0.921. The molecule has 13 heteroatoms. The molecular weight excluding hydrogens is 498 g/mol. The van der Waals surface area contributed by atoms with Gasteiger partial charge in [-0.15, -0.1) is 12.4 Å². The number of nitrogens with one attached hydrogen (secondary N) is 2. The number of allylic oxidation sites excluding steroid dienone is 2. The van der Waals surface area contributed by atoms with Crippen LogP contribution in [0.5, 0.6) is 0 Å². The van der Waals surface area contributed by atoms with Crippen molar-refractivity contribution < 1.29 is 41.0 Å². The molecule has 1 atom stereocenters. The van der Waals surface area contributed by atoms with Gasteiger partial charge in [-0.05, 0) is 19.1 Å². The van der Waals surface area contributed by atoms with Gasteiger partial charge in [0, 0.05) is 24.4 Å². The van der Waals surface area contributed by atoms with E-state index in [1.165, 1.54) is 6.92 Å². The van der Waals surface area contributed by atoms with Gasteiger partial charge in [0.1, 0.15) is 18.6 Å². The topological polar surface area (TPSA) is 76.7 Å². The molecular formula is C20H19Cl2F5N2O4. The molecule has 6 nitrogen and oxygen atoms in total. The van der Waals surface area contributed by atoms with Crippen LogP contribution < -0.4 is 10.6 Å². The van der Waals surface area contributed by atoms with E-state index in [1.54, 1.807) is 0 Å². The van der Waals surface area contributed by atoms with Gasteiger partial charge in [-0.25, -0.2) is 18.4 Å². The van der Waals surface area contributed by atoms with E-state index in [1.807, 2.05) is 0 Å². The number of dihydropyridines is 1. The number of esters is 2. The lowest BCUT2D eigenvalue weighted by Gasteiger charge is -2.34. The second kappa shape index (κ2) is 10.3. The molecule has 0 aliphatic carbocycles. The molecule has 1 unspecified atom stereocenters. The SMILES string of the molecule is COC(=O)C1=C(CF)NC(C)=C(C(=O)OC2CNC2)C1c1c(F)ccc(Cl)c1C(F)(F)F.Cl. The normalized spacial score (nSPS) is 18.8. The molecule has 0 bridgehead atoms. The van der Waals surface area contributed by atoms with Crippen molar-refractivity contribution in [2.45, 2.75) is 25.1 Å². The van der Waals surface area contributed by atoms with Gasteiger partial charge in [0.15, 0.2) is 0 Å². The van der Waals surface area contributed by atoms with Crippen molar-refractivity contribution in [3.8, 4) is 0 Å². The maximum atomic E-state index is 15.0. The van der Waals surface area contributed by atoms with Crippen LogP contribution in [0.15, 0.2) is 34.7 Å². The Kier molecular flexibility index (Phi) is 8.36. The molecule has 3 rings (SSSR count). The quantitative estimate of drug-likeness (QED) is 0.458. The number of hydrogen-bond donors (Lipinski definition) is 2. The highest BCUT2D eigenvalue weighted by Gasteiger charge is 2.47. The van der Waals surface area contributed by atoms with Crippen LogP contribution in [-0.4, -0.2) is 44.9 Å². The Bertz CT molecular complexity index is 1020. The number of alkyl halides is 4. The maximum absolute atomic E-state index is 15.0. The highest BCUT2D eigenvalue weighted by molar-refractivity contribution is 6.31. The summed E-state index contributed by atoms with van der Waals surface area (Å²) in [6.45, 7) is 0.578. The van der Waals surface area contributed by atoms with Gasteiger partial charge >= 0.3 is 18.1 Å². The van der Waals surface area contributed by atoms with Crippen LogP contribution in [0.4, 0.5) is 22.0 Å². The standard InChI is InChI=1S/C20H18ClF5N2O4.ClH/c1-8-13(19(30)32-9-6-27-7-9)16(15(18(29)31-2)12(5-22)28-8)14-11(23)4-3-10(21)17(14)20(24,25)26;/h3-4,9,16,27-28H,5-7H2,1-2H3;1H. The number of methoxy groups -OCH3 is 1. The van der Waals surface area contributed by atoms with Crippen molar-refractivity contribution in [2.75, 3.05) is 26.9 Å². The summed E-state index contributed by atoms with van der Waals surface area (Å²) in [5.41, 5.74) is -4.43. The fourth-order valence-corrected chi connectivity index (χ4v) is 3.88. The molecule has 2 heterocycles. The predicted octanol–water partition coefficient (Wildman–Crippen LogP) is 3.79. The van der Waals surface area contributed by atoms with E-state index in [4.69, 9.17) is 16.3 Å². The third kappa shape index (κ3) is 5.10. The molecule has 2 aliphatic heterocycles. The van der Waals surface area contributed by atoms with Crippen molar-refractivity contribution in [1.82, 2.24) is 10.6 Å². The van der Waals surface area contributed by atoms with Crippen molar-refractivity contribution in [3.63, 3.8) is 0 Å². The first kappa shape index (κ1) is 26.9. The summed E-state index contributed by atoms with van der Waals surface area (Å²) in [4.78, 5) is 25.5. The van der Waals surface area contributed by atoms with Crippen molar-refractivity contribution in [3.05, 3.63) is 56.6 Å². The Hall–Kier alpha value is -2.37. The first-order valence-electron chi connectivity index (χ1n) is 9.33. The summed E-state index contributed by atoms with van der Waals surface area (Å²) in [6.07, 6.45) is -5.72. The molecule has 1 aromatic rings. The van der Waals surface area contributed by atoms with Gasteiger partial charge < -0.3 is 20.1 Å². The molecule has 1 fully saturated rings. The van der Waals surface area contributed by atoms with Crippen LogP contribution in [0.25, 0.3) is 0 Å². The van der Waals surface area contributed by atoms with E-state index in [9.17, 15) is 31.5 Å². The minimum atomic E-state index is -5.16. The smallest absolute Gasteiger partial charge is 0.418 e. The van der Waals surface area contributed by atoms with Crippen molar-refractivity contribution >= 4 is 35.9 Å². The molecule has 0 aromatic heterocycles. The lowest BCUT2D eigenvalue weighted by atomic mass is 9.78. The third-order valence-electron chi connectivity index (χ3n) is 5.14. The third-order valence-corrected chi connectivity index (χ3v) is 5.45. The highest BCUT2D eigenvalue weighted by Crippen LogP contribution is 2.47. The van der Waals surface area contributed by atoms with Crippen LogP contribution in [0, 0.1) is 5.82 Å². The van der Waals surface area contributed by atoms with E-state index >= 15 is 0 Å². The molecule has 2 aliphatic rings. The molecule has 33 heavy (non-hydrogen) atoms. The van der Waals surface area contributed by atoms with E-state index in [0.29, 0.717) is 25.2 Å². The van der Waals surface area contributed by atoms with E-state index in [0.717, 1.165) is 7.11 Å². The predicted molar refractivity (Wildman–Crippen MR) is 110 cm³/mol. The molecule has 0 radical (unpaired) electrons. The number of ether oxygens (including phenoxy) is 2. The Morgan fingerprint density at radius 2 is 1.82 bits per heavy atom. The van der Waals surface area contributed by atoms with Crippen LogP contribution >= 0.6 is 24.0 Å². The summed E-state index contributed by atoms with van der Waals surface area (Å²) in [6, 6.07) is 1.38. The minimum absolute atomic E-state index is 0. The van der Waals surface area contributed by atoms with Gasteiger partial charge in [-0.2, -0.15) is 13.2 Å². The Morgan fingerprint density at radius 3 is 2.30 bits per heavy atom. The highest BCUT2D eigenvalue weighted by atomic mass is 35.5. The zero-order valence-electron chi connectivity index (χ0n) is 17.2. The fraction of sp³-hybridized carbons (Fsp3) is 0.400. The molecule has 0 spiro atoms. The fourth-order valence-electron chi connectivity index (χ4n) is 3.61. The zero-order valence-corrected chi connectivity index (χ0v) is 18.8. The number of benzene rings is 1. The van der Waals surface area contributed by atoms with E-state index < -0.39 is 75.6 Å². The van der Waals surface area contributed by atoms with E-state index in [2.05, 4.69) is 15.4 Å². The van der Waals surface area contributed by atoms with Gasteiger partial charge in [0.25, 0.3) is 0 Å². The summed E-state index contributed by atoms with van der Waals surface area (Å²) in [5.74, 6) is -5.70. The molecule has 2 N–H and O–H groups in total. The van der Waals surface area contributed by atoms with Crippen LogP contribution in [0.2, 0.25) is 5.02 Å². The lowest BCUT2D eigenvalue weighted by Crippen LogP contribution is -2.50. The first-order valence-corrected chi connectivity index (χ1v) is 9.70. The number of halogens is 7. The Balaban J connectivity index is 0.00000385. The molecule has 1 saturated heterocycles. The molecule has 0 amide bonds. The maximum Gasteiger partial charge on any atom is 0.418 e. The van der Waals surface area contributed by atoms with Crippen molar-refractivity contribution in [2.24, 2.45) is 0 Å². The second-order valence-electron chi connectivity index (χ2n) is 7.12. The van der Waals surface area contributed by atoms with Crippen molar-refractivity contribution in [1.29, 1.82) is 0 Å². The average molecular weight is 517 g/mol. The number of carbonyl (C=O) groups is 2. The minimum Gasteiger partial charge on any atom is -0.466 e. The number of hydrogen-bond acceptors (Lipinski definition) is 6. The van der Waals surface area contributed by atoms with Gasteiger partial charge in [-0.1, -0.05) is 11.6 Å². The monoisotopic (exact) mass is 516 g/mol. The summed E-state index contributed by atoms with van der Waals surface area (Å²) >= 11 is 5.77. The molecule has 182 valence electrons.